The van der Waals surface area contributed by atoms with Gasteiger partial charge in [-0.2, -0.15) is 0 Å². The molecular formula is C7H8F2N2O. The van der Waals surface area contributed by atoms with E-state index in [0.29, 0.717) is 0 Å². The van der Waals surface area contributed by atoms with Crippen molar-refractivity contribution in [1.29, 1.82) is 0 Å². The van der Waals surface area contributed by atoms with E-state index in [9.17, 15) is 8.78 Å². The summed E-state index contributed by atoms with van der Waals surface area (Å²) in [5.41, 5.74) is 4.79. The molecule has 0 atom stereocenters. The fraction of sp³-hybridized carbons (Fsp3) is 0.286. The zero-order valence-corrected chi connectivity index (χ0v) is 6.42. The maximum Gasteiger partial charge on any atom is 0.282 e. The highest BCUT2D eigenvalue weighted by Crippen LogP contribution is 2.29. The fourth-order valence-electron chi connectivity index (χ4n) is 0.823. The zero-order chi connectivity index (χ0) is 9.14. The van der Waals surface area contributed by atoms with Crippen LogP contribution in [0, 0.1) is 0 Å². The van der Waals surface area contributed by atoms with Crippen molar-refractivity contribution >= 4 is 5.69 Å². The number of anilines is 1. The predicted molar refractivity (Wildman–Crippen MR) is 40.2 cm³/mol. The van der Waals surface area contributed by atoms with E-state index in [2.05, 4.69) is 4.98 Å². The second-order valence-corrected chi connectivity index (χ2v) is 2.11. The summed E-state index contributed by atoms with van der Waals surface area (Å²) in [6.07, 6.45) is -1.43. The van der Waals surface area contributed by atoms with Crippen molar-refractivity contribution in [3.8, 4) is 5.75 Å². The van der Waals surface area contributed by atoms with Crippen LogP contribution in [0.2, 0.25) is 0 Å². The lowest BCUT2D eigenvalue weighted by molar-refractivity contribution is 0.146. The third-order valence-electron chi connectivity index (χ3n) is 1.41. The number of pyridine rings is 1. The van der Waals surface area contributed by atoms with Crippen LogP contribution in [-0.4, -0.2) is 12.1 Å². The smallest absolute Gasteiger partial charge is 0.282 e. The summed E-state index contributed by atoms with van der Waals surface area (Å²) in [5, 5.41) is 0. The van der Waals surface area contributed by atoms with Crippen molar-refractivity contribution in [2.45, 2.75) is 6.43 Å². The van der Waals surface area contributed by atoms with E-state index in [4.69, 9.17) is 10.5 Å². The van der Waals surface area contributed by atoms with Crippen LogP contribution in [0.25, 0.3) is 0 Å². The molecule has 66 valence electrons. The fourth-order valence-corrected chi connectivity index (χ4v) is 0.823. The van der Waals surface area contributed by atoms with Crippen LogP contribution < -0.4 is 10.5 Å². The minimum Gasteiger partial charge on any atom is -0.494 e. The van der Waals surface area contributed by atoms with Gasteiger partial charge in [0, 0.05) is 12.3 Å². The molecule has 0 spiro atoms. The van der Waals surface area contributed by atoms with Gasteiger partial charge in [-0.3, -0.25) is 4.98 Å². The number of nitrogens with zero attached hydrogens (tertiary/aromatic N) is 1. The van der Waals surface area contributed by atoms with Gasteiger partial charge in [-0.15, -0.1) is 0 Å². The summed E-state index contributed by atoms with van der Waals surface area (Å²) in [4.78, 5) is 3.43. The molecule has 1 rings (SSSR count). The number of nitrogen functional groups attached to an aromatic ring is 1. The van der Waals surface area contributed by atoms with Gasteiger partial charge in [0.25, 0.3) is 6.43 Å². The number of aromatic nitrogens is 1. The van der Waals surface area contributed by atoms with Crippen LogP contribution in [0.3, 0.4) is 0 Å². The molecule has 0 aliphatic heterocycles. The van der Waals surface area contributed by atoms with Crippen molar-refractivity contribution in [3.63, 3.8) is 0 Å². The third kappa shape index (κ3) is 1.44. The Balaban J connectivity index is 3.14. The molecule has 2 N–H and O–H groups in total. The molecule has 1 aromatic rings. The summed E-state index contributed by atoms with van der Waals surface area (Å²) in [5.74, 6) is 0.223. The van der Waals surface area contributed by atoms with Gasteiger partial charge >= 0.3 is 0 Å². The first kappa shape index (κ1) is 8.70. The van der Waals surface area contributed by atoms with Crippen LogP contribution in [0.15, 0.2) is 12.3 Å². The Labute approximate surface area is 68.2 Å². The number of halogens is 2. The molecule has 0 aromatic carbocycles. The van der Waals surface area contributed by atoms with Crippen LogP contribution >= 0.6 is 0 Å². The van der Waals surface area contributed by atoms with Crippen LogP contribution in [0.5, 0.6) is 5.75 Å². The second kappa shape index (κ2) is 3.34. The SMILES string of the molecule is COc1ccnc(C(F)F)c1N. The van der Waals surface area contributed by atoms with E-state index in [-0.39, 0.29) is 11.4 Å². The van der Waals surface area contributed by atoms with Gasteiger partial charge in [0.1, 0.15) is 17.1 Å². The zero-order valence-electron chi connectivity index (χ0n) is 6.42. The average Bonchev–Trinajstić information content (AvgIpc) is 2.04. The summed E-state index contributed by atoms with van der Waals surface area (Å²) >= 11 is 0. The third-order valence-corrected chi connectivity index (χ3v) is 1.41. The molecular weight excluding hydrogens is 166 g/mol. The summed E-state index contributed by atoms with van der Waals surface area (Å²) in [7, 11) is 1.36. The largest absolute Gasteiger partial charge is 0.494 e. The molecule has 0 fully saturated rings. The van der Waals surface area contributed by atoms with Crippen molar-refractivity contribution in [2.24, 2.45) is 0 Å². The molecule has 1 aromatic heterocycles. The first-order valence-corrected chi connectivity index (χ1v) is 3.23. The quantitative estimate of drug-likeness (QED) is 0.740. The molecule has 0 unspecified atom stereocenters. The van der Waals surface area contributed by atoms with Crippen LogP contribution in [0.1, 0.15) is 12.1 Å². The summed E-state index contributed by atoms with van der Waals surface area (Å²) in [6.45, 7) is 0. The lowest BCUT2D eigenvalue weighted by atomic mass is 10.3. The lowest BCUT2D eigenvalue weighted by Crippen LogP contribution is -2.00. The average molecular weight is 174 g/mol. The summed E-state index contributed by atoms with van der Waals surface area (Å²) in [6, 6.07) is 1.43. The molecule has 1 heterocycles. The molecule has 0 aliphatic rings. The number of nitrogens with two attached hydrogens (primary N) is 1. The second-order valence-electron chi connectivity index (χ2n) is 2.11. The Kier molecular flexibility index (Phi) is 2.42. The molecule has 5 heteroatoms. The Bertz CT molecular complexity index is 278. The van der Waals surface area contributed by atoms with Crippen molar-refractivity contribution in [3.05, 3.63) is 18.0 Å². The molecule has 0 saturated carbocycles. The number of alkyl halides is 2. The van der Waals surface area contributed by atoms with E-state index in [0.717, 1.165) is 0 Å². The highest BCUT2D eigenvalue weighted by Gasteiger charge is 2.15. The maximum atomic E-state index is 12.1. The van der Waals surface area contributed by atoms with Crippen molar-refractivity contribution in [2.75, 3.05) is 12.8 Å². The molecule has 0 saturated heterocycles. The first-order chi connectivity index (χ1) is 5.66. The Hall–Kier alpha value is -1.39. The lowest BCUT2D eigenvalue weighted by Gasteiger charge is -2.07. The van der Waals surface area contributed by atoms with E-state index in [1.165, 1.54) is 19.4 Å². The molecule has 12 heavy (non-hydrogen) atoms. The van der Waals surface area contributed by atoms with Crippen LogP contribution in [-0.2, 0) is 0 Å². The normalized spacial score (nSPS) is 10.3. The van der Waals surface area contributed by atoms with E-state index in [1.54, 1.807) is 0 Å². The Morgan fingerprint density at radius 1 is 1.58 bits per heavy atom. The van der Waals surface area contributed by atoms with E-state index >= 15 is 0 Å². The first-order valence-electron chi connectivity index (χ1n) is 3.23. The van der Waals surface area contributed by atoms with Gasteiger partial charge in [-0.1, -0.05) is 0 Å². The molecule has 0 aliphatic carbocycles. The van der Waals surface area contributed by atoms with Gasteiger partial charge in [0.2, 0.25) is 0 Å². The number of hydrogen-bond donors (Lipinski definition) is 1. The van der Waals surface area contributed by atoms with Gasteiger partial charge < -0.3 is 10.5 Å². The Morgan fingerprint density at radius 3 is 2.75 bits per heavy atom. The number of hydrogen-bond acceptors (Lipinski definition) is 3. The van der Waals surface area contributed by atoms with Gasteiger partial charge in [0.15, 0.2) is 0 Å². The van der Waals surface area contributed by atoms with Crippen molar-refractivity contribution in [1.82, 2.24) is 4.98 Å². The molecule has 0 amide bonds. The number of rotatable bonds is 2. The van der Waals surface area contributed by atoms with Crippen molar-refractivity contribution < 1.29 is 13.5 Å². The molecule has 3 nitrogen and oxygen atoms in total. The van der Waals surface area contributed by atoms with E-state index < -0.39 is 12.1 Å². The monoisotopic (exact) mass is 174 g/mol. The predicted octanol–water partition coefficient (Wildman–Crippen LogP) is 1.61. The summed E-state index contributed by atoms with van der Waals surface area (Å²) < 4.78 is 29.0. The standard InChI is InChI=1S/C7H8F2N2O/c1-12-4-2-3-11-6(5(4)10)7(8)9/h2-3,7H,10H2,1H3. The van der Waals surface area contributed by atoms with Gasteiger partial charge in [-0.25, -0.2) is 8.78 Å². The van der Waals surface area contributed by atoms with Gasteiger partial charge in [-0.05, 0) is 0 Å². The van der Waals surface area contributed by atoms with Gasteiger partial charge in [0.05, 0.1) is 7.11 Å². The molecule has 0 bridgehead atoms. The maximum absolute atomic E-state index is 12.1. The molecule has 0 radical (unpaired) electrons. The number of methoxy groups -OCH3 is 1. The minimum absolute atomic E-state index is 0.102. The topological polar surface area (TPSA) is 48.1 Å². The highest BCUT2D eigenvalue weighted by atomic mass is 19.3. The minimum atomic E-state index is -2.67. The van der Waals surface area contributed by atoms with E-state index in [1.807, 2.05) is 0 Å². The highest BCUT2D eigenvalue weighted by molar-refractivity contribution is 5.55. The Morgan fingerprint density at radius 2 is 2.25 bits per heavy atom. The van der Waals surface area contributed by atoms with Crippen LogP contribution in [0.4, 0.5) is 14.5 Å². The number of ether oxygens (including phenoxy) is 1.